The molecule has 8 heteroatoms. The van der Waals surface area contributed by atoms with Gasteiger partial charge in [0.15, 0.2) is 0 Å². The first-order chi connectivity index (χ1) is 12.3. The number of sulfonamides is 1. The van der Waals surface area contributed by atoms with Crippen molar-refractivity contribution in [2.45, 2.75) is 17.2 Å². The molecule has 2 aromatic rings. The first kappa shape index (κ1) is 17.9. The van der Waals surface area contributed by atoms with Crippen LogP contribution in [0.3, 0.4) is 0 Å². The minimum atomic E-state index is -4.18. The van der Waals surface area contributed by atoms with Gasteiger partial charge >= 0.3 is 0 Å². The van der Waals surface area contributed by atoms with Gasteiger partial charge in [-0.2, -0.15) is 0 Å². The lowest BCUT2D eigenvalue weighted by atomic mass is 9.99. The van der Waals surface area contributed by atoms with Crippen LogP contribution in [-0.4, -0.2) is 38.2 Å². The van der Waals surface area contributed by atoms with Gasteiger partial charge in [-0.05, 0) is 23.8 Å². The molecule has 0 bridgehead atoms. The Kier molecular flexibility index (Phi) is 4.69. The zero-order chi connectivity index (χ0) is 18.9. The van der Waals surface area contributed by atoms with Crippen molar-refractivity contribution in [1.29, 1.82) is 0 Å². The maximum atomic E-state index is 13.0. The van der Waals surface area contributed by atoms with Crippen molar-refractivity contribution in [3.05, 3.63) is 59.7 Å². The van der Waals surface area contributed by atoms with Crippen LogP contribution in [0, 0.1) is 0 Å². The van der Waals surface area contributed by atoms with Crippen molar-refractivity contribution in [2.75, 3.05) is 13.7 Å². The van der Waals surface area contributed by atoms with E-state index < -0.39 is 21.8 Å². The van der Waals surface area contributed by atoms with Crippen molar-refractivity contribution >= 4 is 21.8 Å². The number of hydrogen-bond acceptors (Lipinski definition) is 5. The van der Waals surface area contributed by atoms with Crippen LogP contribution in [0.4, 0.5) is 0 Å². The summed E-state index contributed by atoms with van der Waals surface area (Å²) in [5, 5.41) is 0. The first-order valence-corrected chi connectivity index (χ1v) is 9.37. The minimum absolute atomic E-state index is 0.0237. The van der Waals surface area contributed by atoms with E-state index in [4.69, 9.17) is 10.5 Å². The predicted molar refractivity (Wildman–Crippen MR) is 94.2 cm³/mol. The largest absolute Gasteiger partial charge is 0.495 e. The Morgan fingerprint density at radius 3 is 2.50 bits per heavy atom. The van der Waals surface area contributed by atoms with Gasteiger partial charge in [0.25, 0.3) is 10.0 Å². The van der Waals surface area contributed by atoms with Gasteiger partial charge in [0.2, 0.25) is 11.8 Å². The van der Waals surface area contributed by atoms with E-state index in [1.807, 2.05) is 30.3 Å². The van der Waals surface area contributed by atoms with Gasteiger partial charge in [0, 0.05) is 24.4 Å². The van der Waals surface area contributed by atoms with Crippen LogP contribution in [0.5, 0.6) is 5.75 Å². The van der Waals surface area contributed by atoms with E-state index in [9.17, 15) is 18.0 Å². The normalized spacial score (nSPS) is 17.3. The fraction of sp³-hybridized carbons (Fsp3) is 0.222. The number of benzene rings is 2. The highest BCUT2D eigenvalue weighted by atomic mass is 32.2. The Bertz CT molecular complexity index is 957. The van der Waals surface area contributed by atoms with Gasteiger partial charge < -0.3 is 10.5 Å². The molecule has 2 N–H and O–H groups in total. The molecule has 136 valence electrons. The standard InChI is InChI=1S/C18H18N2O5S/c1-25-15-8-7-13(18(19)22)9-16(15)26(23,24)20-11-14(10-17(20)21)12-5-3-2-4-6-12/h2-9,14H,10-11H2,1H3,(H2,19,22)/t14-/m1/s1. The molecule has 1 fully saturated rings. The van der Waals surface area contributed by atoms with Crippen molar-refractivity contribution in [3.8, 4) is 5.75 Å². The molecule has 2 aromatic carbocycles. The molecule has 0 radical (unpaired) electrons. The van der Waals surface area contributed by atoms with E-state index in [-0.39, 0.29) is 35.1 Å². The minimum Gasteiger partial charge on any atom is -0.495 e. The van der Waals surface area contributed by atoms with Crippen LogP contribution in [0.2, 0.25) is 0 Å². The van der Waals surface area contributed by atoms with E-state index in [1.165, 1.54) is 19.2 Å². The second-order valence-electron chi connectivity index (χ2n) is 5.97. The zero-order valence-electron chi connectivity index (χ0n) is 14.1. The maximum Gasteiger partial charge on any atom is 0.270 e. The number of carbonyl (C=O) groups excluding carboxylic acids is 2. The Morgan fingerprint density at radius 1 is 1.19 bits per heavy atom. The highest BCUT2D eigenvalue weighted by Crippen LogP contribution is 2.35. The fourth-order valence-electron chi connectivity index (χ4n) is 3.01. The summed E-state index contributed by atoms with van der Waals surface area (Å²) in [5.74, 6) is -1.43. The number of rotatable bonds is 5. The SMILES string of the molecule is COc1ccc(C(N)=O)cc1S(=O)(=O)N1C[C@H](c2ccccc2)CC1=O. The number of amides is 2. The van der Waals surface area contributed by atoms with Crippen LogP contribution in [-0.2, 0) is 14.8 Å². The van der Waals surface area contributed by atoms with Crippen molar-refractivity contribution in [2.24, 2.45) is 5.73 Å². The number of primary amides is 1. The maximum absolute atomic E-state index is 13.0. The molecule has 0 unspecified atom stereocenters. The van der Waals surface area contributed by atoms with Gasteiger partial charge in [-0.1, -0.05) is 30.3 Å². The third kappa shape index (κ3) is 3.15. The average molecular weight is 374 g/mol. The van der Waals surface area contributed by atoms with E-state index in [1.54, 1.807) is 0 Å². The number of nitrogens with two attached hydrogens (primary N) is 1. The number of methoxy groups -OCH3 is 1. The quantitative estimate of drug-likeness (QED) is 0.853. The molecule has 1 saturated heterocycles. The first-order valence-electron chi connectivity index (χ1n) is 7.93. The lowest BCUT2D eigenvalue weighted by Crippen LogP contribution is -2.32. The Morgan fingerprint density at radius 2 is 1.88 bits per heavy atom. The zero-order valence-corrected chi connectivity index (χ0v) is 14.9. The van der Waals surface area contributed by atoms with Gasteiger partial charge in [0.1, 0.15) is 10.6 Å². The monoisotopic (exact) mass is 374 g/mol. The predicted octanol–water partition coefficient (Wildman–Crippen LogP) is 1.50. The molecule has 0 spiro atoms. The third-order valence-electron chi connectivity index (χ3n) is 4.37. The van der Waals surface area contributed by atoms with Crippen molar-refractivity contribution in [1.82, 2.24) is 4.31 Å². The van der Waals surface area contributed by atoms with E-state index in [2.05, 4.69) is 0 Å². The average Bonchev–Trinajstić information content (AvgIpc) is 3.04. The summed E-state index contributed by atoms with van der Waals surface area (Å²) in [6, 6.07) is 13.1. The Labute approximate surface area is 151 Å². The van der Waals surface area contributed by atoms with Gasteiger partial charge in [-0.3, -0.25) is 9.59 Å². The molecule has 1 atom stereocenters. The Balaban J connectivity index is 1.99. The number of nitrogens with zero attached hydrogens (tertiary/aromatic N) is 1. The summed E-state index contributed by atoms with van der Waals surface area (Å²) >= 11 is 0. The molecule has 0 aliphatic carbocycles. The number of hydrogen-bond donors (Lipinski definition) is 1. The van der Waals surface area contributed by atoms with Crippen LogP contribution in [0.15, 0.2) is 53.4 Å². The molecule has 1 aliphatic rings. The van der Waals surface area contributed by atoms with Crippen LogP contribution >= 0.6 is 0 Å². The molecular weight excluding hydrogens is 356 g/mol. The van der Waals surface area contributed by atoms with E-state index in [0.29, 0.717) is 0 Å². The smallest absolute Gasteiger partial charge is 0.270 e. The number of ether oxygens (including phenoxy) is 1. The molecule has 26 heavy (non-hydrogen) atoms. The second kappa shape index (κ2) is 6.80. The van der Waals surface area contributed by atoms with Gasteiger partial charge in [0.05, 0.1) is 7.11 Å². The molecule has 2 amide bonds. The van der Waals surface area contributed by atoms with Crippen LogP contribution in [0.1, 0.15) is 28.3 Å². The van der Waals surface area contributed by atoms with Crippen LogP contribution < -0.4 is 10.5 Å². The molecule has 1 heterocycles. The summed E-state index contributed by atoms with van der Waals surface area (Å²) in [6.07, 6.45) is 0.0983. The lowest BCUT2D eigenvalue weighted by Gasteiger charge is -2.19. The second-order valence-corrected chi connectivity index (χ2v) is 7.80. The van der Waals surface area contributed by atoms with Crippen molar-refractivity contribution < 1.29 is 22.7 Å². The van der Waals surface area contributed by atoms with Crippen LogP contribution in [0.25, 0.3) is 0 Å². The van der Waals surface area contributed by atoms with Gasteiger partial charge in [-0.15, -0.1) is 0 Å². The summed E-state index contributed by atoms with van der Waals surface area (Å²) in [7, 11) is -2.86. The topological polar surface area (TPSA) is 107 Å². The fourth-order valence-corrected chi connectivity index (χ4v) is 4.65. The van der Waals surface area contributed by atoms with E-state index in [0.717, 1.165) is 15.9 Å². The van der Waals surface area contributed by atoms with Gasteiger partial charge in [-0.25, -0.2) is 12.7 Å². The molecule has 1 aliphatic heterocycles. The summed E-state index contributed by atoms with van der Waals surface area (Å²) < 4.78 is 32.0. The summed E-state index contributed by atoms with van der Waals surface area (Å²) in [6.45, 7) is 0.0368. The molecule has 3 rings (SSSR count). The molecular formula is C18H18N2O5S. The molecule has 7 nitrogen and oxygen atoms in total. The van der Waals surface area contributed by atoms with Crippen molar-refractivity contribution in [3.63, 3.8) is 0 Å². The highest BCUT2D eigenvalue weighted by Gasteiger charge is 2.40. The summed E-state index contributed by atoms with van der Waals surface area (Å²) in [4.78, 5) is 23.6. The third-order valence-corrected chi connectivity index (χ3v) is 6.18. The lowest BCUT2D eigenvalue weighted by molar-refractivity contribution is -0.123. The molecule has 0 aromatic heterocycles. The highest BCUT2D eigenvalue weighted by molar-refractivity contribution is 7.89. The van der Waals surface area contributed by atoms with E-state index >= 15 is 0 Å². The number of carbonyl (C=O) groups is 2. The molecule has 0 saturated carbocycles. The summed E-state index contributed by atoms with van der Waals surface area (Å²) in [5.41, 5.74) is 6.16. The Hall–Kier alpha value is -2.87.